The molecule has 0 radical (unpaired) electrons. The second-order valence-electron chi connectivity index (χ2n) is 13.4. The summed E-state index contributed by atoms with van der Waals surface area (Å²) in [6, 6.07) is 31.7. The van der Waals surface area contributed by atoms with E-state index in [1.165, 1.54) is 17.2 Å². The van der Waals surface area contributed by atoms with Crippen LogP contribution in [-0.4, -0.2) is 78.6 Å². The number of ether oxygens (including phenoxy) is 1. The zero-order valence-corrected chi connectivity index (χ0v) is 29.5. The van der Waals surface area contributed by atoms with Crippen molar-refractivity contribution in [3.8, 4) is 11.1 Å². The summed E-state index contributed by atoms with van der Waals surface area (Å²) in [5.41, 5.74) is 5.05. The molecule has 2 aliphatic heterocycles. The van der Waals surface area contributed by atoms with Gasteiger partial charge in [0.1, 0.15) is 12.6 Å². The van der Waals surface area contributed by atoms with Gasteiger partial charge in [0.2, 0.25) is 5.91 Å². The van der Waals surface area contributed by atoms with Gasteiger partial charge in [-0.15, -0.1) is 0 Å². The summed E-state index contributed by atoms with van der Waals surface area (Å²) in [6.45, 7) is 4.99. The van der Waals surface area contributed by atoms with Crippen LogP contribution in [0.4, 0.5) is 13.6 Å². The Morgan fingerprint density at radius 3 is 2.16 bits per heavy atom. The fourth-order valence-corrected chi connectivity index (χ4v) is 7.38. The van der Waals surface area contributed by atoms with Crippen molar-refractivity contribution in [2.75, 3.05) is 45.8 Å². The van der Waals surface area contributed by atoms with Gasteiger partial charge in [0, 0.05) is 49.9 Å². The van der Waals surface area contributed by atoms with Gasteiger partial charge in [0.15, 0.2) is 0 Å². The van der Waals surface area contributed by atoms with E-state index in [-0.39, 0.29) is 24.0 Å². The molecule has 4 aromatic rings. The van der Waals surface area contributed by atoms with Gasteiger partial charge in [0.25, 0.3) is 6.43 Å². The summed E-state index contributed by atoms with van der Waals surface area (Å²) in [5, 5.41) is 3.66. The molecule has 1 atom stereocenters. The van der Waals surface area contributed by atoms with Crippen LogP contribution in [0.15, 0.2) is 103 Å². The van der Waals surface area contributed by atoms with Crippen molar-refractivity contribution < 1.29 is 23.1 Å². The SMILES string of the molecule is O=C(N[C@@H](C(=O)N1CCN(Cc2ccccc2C(F)F)CC1)C1CCN(CCc2cc(Cl)ccc2-c2ccccc2)CC1)OCc1ccccc1. The van der Waals surface area contributed by atoms with Gasteiger partial charge >= 0.3 is 6.09 Å². The number of piperazine rings is 1. The molecule has 2 saturated heterocycles. The third-order valence-electron chi connectivity index (χ3n) is 10.1. The Morgan fingerprint density at radius 1 is 0.784 bits per heavy atom. The number of nitrogens with zero attached hydrogens (tertiary/aromatic N) is 3. The number of hydrogen-bond acceptors (Lipinski definition) is 5. The third-order valence-corrected chi connectivity index (χ3v) is 10.3. The van der Waals surface area contributed by atoms with Crippen molar-refractivity contribution >= 4 is 23.6 Å². The van der Waals surface area contributed by atoms with Crippen molar-refractivity contribution in [3.63, 3.8) is 0 Å². The van der Waals surface area contributed by atoms with Crippen LogP contribution in [0.2, 0.25) is 5.02 Å². The van der Waals surface area contributed by atoms with Crippen LogP contribution >= 0.6 is 11.6 Å². The second kappa shape index (κ2) is 17.8. The van der Waals surface area contributed by atoms with Gasteiger partial charge in [-0.1, -0.05) is 103 Å². The molecule has 0 saturated carbocycles. The van der Waals surface area contributed by atoms with Gasteiger partial charge in [-0.25, -0.2) is 13.6 Å². The van der Waals surface area contributed by atoms with Crippen LogP contribution in [0.1, 0.15) is 41.5 Å². The van der Waals surface area contributed by atoms with Gasteiger partial charge in [-0.2, -0.15) is 0 Å². The van der Waals surface area contributed by atoms with Gasteiger partial charge in [0.05, 0.1) is 0 Å². The highest BCUT2D eigenvalue weighted by Gasteiger charge is 2.36. The summed E-state index contributed by atoms with van der Waals surface area (Å²) >= 11 is 6.41. The Hall–Kier alpha value is -4.31. The lowest BCUT2D eigenvalue weighted by atomic mass is 9.88. The van der Waals surface area contributed by atoms with E-state index in [2.05, 4.69) is 33.3 Å². The fourth-order valence-electron chi connectivity index (χ4n) is 7.18. The zero-order chi connectivity index (χ0) is 35.6. The molecule has 2 aliphatic rings. The number of benzene rings is 4. The van der Waals surface area contributed by atoms with E-state index in [0.717, 1.165) is 50.0 Å². The van der Waals surface area contributed by atoms with Crippen LogP contribution in [0.5, 0.6) is 0 Å². The number of hydrogen-bond donors (Lipinski definition) is 1. The monoisotopic (exact) mass is 714 g/mol. The van der Waals surface area contributed by atoms with Crippen molar-refractivity contribution in [2.24, 2.45) is 5.92 Å². The summed E-state index contributed by atoms with van der Waals surface area (Å²) in [4.78, 5) is 33.5. The molecule has 2 heterocycles. The highest BCUT2D eigenvalue weighted by molar-refractivity contribution is 6.30. The summed E-state index contributed by atoms with van der Waals surface area (Å²) in [6.07, 6.45) is -0.806. The predicted octanol–water partition coefficient (Wildman–Crippen LogP) is 7.84. The maximum absolute atomic E-state index is 14.1. The minimum Gasteiger partial charge on any atom is -0.445 e. The lowest BCUT2D eigenvalue weighted by Gasteiger charge is -2.40. The van der Waals surface area contributed by atoms with E-state index < -0.39 is 18.6 Å². The first-order chi connectivity index (χ1) is 24.8. The first-order valence-electron chi connectivity index (χ1n) is 17.7. The zero-order valence-electron chi connectivity index (χ0n) is 28.7. The highest BCUT2D eigenvalue weighted by atomic mass is 35.5. The Balaban J connectivity index is 1.07. The normalized spacial score (nSPS) is 16.6. The molecule has 0 aliphatic carbocycles. The fraction of sp³-hybridized carbons (Fsp3) is 0.366. The largest absolute Gasteiger partial charge is 0.445 e. The molecule has 7 nitrogen and oxygen atoms in total. The van der Waals surface area contributed by atoms with Crippen molar-refractivity contribution in [1.82, 2.24) is 20.0 Å². The summed E-state index contributed by atoms with van der Waals surface area (Å²) in [5.74, 6) is -0.177. The van der Waals surface area contributed by atoms with Crippen LogP contribution in [0, 0.1) is 5.92 Å². The van der Waals surface area contributed by atoms with Crippen LogP contribution in [-0.2, 0) is 29.1 Å². The predicted molar refractivity (Wildman–Crippen MR) is 197 cm³/mol. The molecule has 51 heavy (non-hydrogen) atoms. The number of rotatable bonds is 12. The lowest BCUT2D eigenvalue weighted by Crippen LogP contribution is -2.58. The average Bonchev–Trinajstić information content (AvgIpc) is 3.16. The van der Waals surface area contributed by atoms with E-state index in [1.54, 1.807) is 23.1 Å². The highest BCUT2D eigenvalue weighted by Crippen LogP contribution is 2.29. The maximum atomic E-state index is 14.1. The molecule has 0 spiro atoms. The third kappa shape index (κ3) is 9.94. The minimum absolute atomic E-state index is 0.0461. The Labute approximate surface area is 304 Å². The molecule has 0 aromatic heterocycles. The summed E-state index contributed by atoms with van der Waals surface area (Å²) in [7, 11) is 0. The van der Waals surface area contributed by atoms with Gasteiger partial charge < -0.3 is 19.9 Å². The number of amides is 2. The Bertz CT molecular complexity index is 1730. The molecule has 0 unspecified atom stereocenters. The first kappa shape index (κ1) is 36.5. The second-order valence-corrected chi connectivity index (χ2v) is 13.8. The van der Waals surface area contributed by atoms with E-state index in [9.17, 15) is 18.4 Å². The number of carbonyl (C=O) groups excluding carboxylic acids is 2. The average molecular weight is 715 g/mol. The smallest absolute Gasteiger partial charge is 0.408 e. The number of likely N-dealkylation sites (tertiary alicyclic amines) is 1. The van der Waals surface area contributed by atoms with E-state index in [0.29, 0.717) is 43.3 Å². The molecule has 10 heteroatoms. The van der Waals surface area contributed by atoms with Crippen molar-refractivity contribution in [2.45, 2.75) is 44.9 Å². The molecule has 1 N–H and O–H groups in total. The molecule has 0 bridgehead atoms. The Kier molecular flexibility index (Phi) is 12.7. The molecular weight excluding hydrogens is 670 g/mol. The molecule has 6 rings (SSSR count). The van der Waals surface area contributed by atoms with Crippen molar-refractivity contribution in [3.05, 3.63) is 130 Å². The minimum atomic E-state index is -2.53. The first-order valence-corrected chi connectivity index (χ1v) is 18.1. The number of halogens is 3. The van der Waals surface area contributed by atoms with Gasteiger partial charge in [-0.05, 0) is 78.2 Å². The molecule has 2 amide bonds. The molecule has 268 valence electrons. The lowest BCUT2D eigenvalue weighted by molar-refractivity contribution is -0.137. The van der Waals surface area contributed by atoms with Crippen LogP contribution in [0.3, 0.4) is 0 Å². The van der Waals surface area contributed by atoms with E-state index in [4.69, 9.17) is 16.3 Å². The number of carbonyl (C=O) groups is 2. The quantitative estimate of drug-likeness (QED) is 0.162. The number of alkyl carbamates (subject to hydrolysis) is 1. The standard InChI is InChI=1S/C41H45ClF2N4O3/c42-35-15-16-36(31-11-5-2-6-12-31)33(27-35)19-22-46-20-17-32(18-21-46)38(45-41(50)51-29-30-9-3-1-4-10-30)40(49)48-25-23-47(24-26-48)28-34-13-7-8-14-37(34)39(43)44/h1-16,27,32,38-39H,17-26,28-29H2,(H,45,50)/t38-/m1/s1. The summed E-state index contributed by atoms with van der Waals surface area (Å²) < 4.78 is 32.7. The topological polar surface area (TPSA) is 65.1 Å². The maximum Gasteiger partial charge on any atom is 0.408 e. The molecule has 2 fully saturated rings. The number of piperidine rings is 1. The molecule has 4 aromatic carbocycles. The number of alkyl halides is 2. The van der Waals surface area contributed by atoms with Crippen LogP contribution in [0.25, 0.3) is 11.1 Å². The Morgan fingerprint density at radius 2 is 1.45 bits per heavy atom. The molecular formula is C41H45ClF2N4O3. The van der Waals surface area contributed by atoms with Crippen LogP contribution < -0.4 is 5.32 Å². The van der Waals surface area contributed by atoms with E-state index in [1.807, 2.05) is 60.7 Å². The van der Waals surface area contributed by atoms with E-state index >= 15 is 0 Å². The van der Waals surface area contributed by atoms with Gasteiger partial charge in [-0.3, -0.25) is 9.69 Å². The number of nitrogens with one attached hydrogen (secondary N) is 1. The van der Waals surface area contributed by atoms with Crippen molar-refractivity contribution in [1.29, 1.82) is 0 Å².